The third kappa shape index (κ3) is 8.84. The average molecular weight is 896 g/mol. The summed E-state index contributed by atoms with van der Waals surface area (Å²) in [6.07, 6.45) is 5.80. The van der Waals surface area contributed by atoms with Crippen LogP contribution in [0.2, 0.25) is 0 Å². The third-order valence-corrected chi connectivity index (χ3v) is 13.2. The predicted molar refractivity (Wildman–Crippen MR) is 228 cm³/mol. The number of likely N-dealkylation sites (tertiary alicyclic amines) is 1. The van der Waals surface area contributed by atoms with Crippen molar-refractivity contribution in [1.82, 2.24) is 44.4 Å². The Balaban J connectivity index is 0.715. The Bertz CT molecular complexity index is 2710. The van der Waals surface area contributed by atoms with Crippen molar-refractivity contribution in [2.24, 2.45) is 5.92 Å². The first kappa shape index (κ1) is 42.8. The van der Waals surface area contributed by atoms with Crippen LogP contribution in [0.4, 0.5) is 24.7 Å². The van der Waals surface area contributed by atoms with Gasteiger partial charge in [0.25, 0.3) is 18.2 Å². The monoisotopic (exact) mass is 895 g/mol. The zero-order valence-electron chi connectivity index (χ0n) is 35.5. The minimum absolute atomic E-state index is 0.0484. The standard InChI is InChI=1S/C45H48F3N11O6/c46-33-23-55(16-14-35(33)65-19-2-4-27-3-1-5-30-39(31-12-13-37(60)52-44(31)62)54-59(41(27)30)29-10-11-29)22-26-6-8-28(9-7-26)58-24-34(40(53-58)42(47)48)50-45(63)32-21-49-57-17-15-36(51-43(32)57)56-18-20-64-25-38(56)61/h1,3,5,15,17,21,24,26,28-29,31,33,35,42H,6-14,16,18-20,22-23,25H2,(H,50,63)(H,52,60,62)/t26?,28?,31?,33-,35+/m1/s1. The minimum Gasteiger partial charge on any atom is -0.370 e. The van der Waals surface area contributed by atoms with Crippen molar-refractivity contribution in [3.8, 4) is 11.8 Å². The highest BCUT2D eigenvalue weighted by atomic mass is 19.3. The van der Waals surface area contributed by atoms with Crippen LogP contribution in [-0.2, 0) is 23.9 Å². The van der Waals surface area contributed by atoms with Gasteiger partial charge in [0.1, 0.15) is 30.8 Å². The van der Waals surface area contributed by atoms with E-state index in [1.807, 2.05) is 22.9 Å². The number of carbonyl (C=O) groups is 4. The van der Waals surface area contributed by atoms with Gasteiger partial charge in [0.2, 0.25) is 11.8 Å². The summed E-state index contributed by atoms with van der Waals surface area (Å²) >= 11 is 0. The molecule has 10 rings (SSSR count). The van der Waals surface area contributed by atoms with E-state index in [9.17, 15) is 28.0 Å². The molecule has 1 unspecified atom stereocenters. The second-order valence-electron chi connectivity index (χ2n) is 17.5. The Labute approximate surface area is 371 Å². The first-order valence-corrected chi connectivity index (χ1v) is 22.3. The molecule has 5 aromatic rings. The molecule has 1 aromatic carbocycles. The molecule has 7 heterocycles. The number of piperidine rings is 2. The number of imide groups is 1. The van der Waals surface area contributed by atoms with Crippen LogP contribution in [0.5, 0.6) is 0 Å². The van der Waals surface area contributed by atoms with Crippen molar-refractivity contribution in [3.63, 3.8) is 0 Å². The van der Waals surface area contributed by atoms with E-state index < -0.39 is 36.2 Å². The molecule has 3 saturated heterocycles. The molecular weight excluding hydrogens is 848 g/mol. The normalized spacial score (nSPS) is 24.4. The molecule has 4 amide bonds. The molecule has 2 saturated carbocycles. The molecule has 3 atom stereocenters. The fourth-order valence-corrected chi connectivity index (χ4v) is 9.62. The Morgan fingerprint density at radius 3 is 2.62 bits per heavy atom. The first-order chi connectivity index (χ1) is 31.6. The van der Waals surface area contributed by atoms with Crippen LogP contribution in [0.3, 0.4) is 0 Å². The SMILES string of the molecule is O=C1CCC(c2nn(C3CC3)c3c(C#CCO[C@H]4CCN(CC5CCC(n6cc(NC(=O)c7cnn8ccc(N9CCOCC9=O)nc78)c(C(F)F)n6)CC5)C[C@H]4F)cccc23)C(=O)N1. The van der Waals surface area contributed by atoms with E-state index in [0.29, 0.717) is 62.8 Å². The van der Waals surface area contributed by atoms with Gasteiger partial charge in [-0.1, -0.05) is 24.0 Å². The van der Waals surface area contributed by atoms with Gasteiger partial charge < -0.3 is 14.8 Å². The Morgan fingerprint density at radius 2 is 1.85 bits per heavy atom. The third-order valence-electron chi connectivity index (χ3n) is 13.2. The summed E-state index contributed by atoms with van der Waals surface area (Å²) < 4.78 is 60.1. The number of morpholine rings is 1. The Morgan fingerprint density at radius 1 is 1.02 bits per heavy atom. The van der Waals surface area contributed by atoms with Crippen molar-refractivity contribution in [1.29, 1.82) is 0 Å². The number of rotatable bonds is 11. The lowest BCUT2D eigenvalue weighted by atomic mass is 9.85. The lowest BCUT2D eigenvalue weighted by molar-refractivity contribution is -0.134. The summed E-state index contributed by atoms with van der Waals surface area (Å²) in [7, 11) is 0. The van der Waals surface area contributed by atoms with Gasteiger partial charge in [-0.3, -0.25) is 43.7 Å². The number of nitrogens with zero attached hydrogens (tertiary/aromatic N) is 9. The average Bonchev–Trinajstić information content (AvgIpc) is 3.72. The number of ether oxygens (including phenoxy) is 2. The predicted octanol–water partition coefficient (Wildman–Crippen LogP) is 4.90. The highest BCUT2D eigenvalue weighted by Crippen LogP contribution is 2.41. The van der Waals surface area contributed by atoms with Gasteiger partial charge in [-0.25, -0.2) is 22.7 Å². The molecule has 5 aliphatic rings. The lowest BCUT2D eigenvalue weighted by Gasteiger charge is -2.38. The number of carbonyl (C=O) groups excluding carboxylic acids is 4. The van der Waals surface area contributed by atoms with Crippen LogP contribution in [0, 0.1) is 17.8 Å². The highest BCUT2D eigenvalue weighted by Gasteiger charge is 2.36. The zero-order chi connectivity index (χ0) is 44.8. The number of anilines is 2. The Hall–Kier alpha value is -6.17. The summed E-state index contributed by atoms with van der Waals surface area (Å²) in [5.41, 5.74) is 1.86. The van der Waals surface area contributed by atoms with Crippen LogP contribution >= 0.6 is 0 Å². The quantitative estimate of drug-likeness (QED) is 0.136. The van der Waals surface area contributed by atoms with Gasteiger partial charge in [0.15, 0.2) is 11.3 Å². The topological polar surface area (TPSA) is 183 Å². The number of alkyl halides is 3. The number of hydrogen-bond donors (Lipinski definition) is 2. The van der Waals surface area contributed by atoms with E-state index in [2.05, 4.69) is 42.6 Å². The van der Waals surface area contributed by atoms with Gasteiger partial charge in [0.05, 0.1) is 65.9 Å². The fourth-order valence-electron chi connectivity index (χ4n) is 9.62. The maximum Gasteiger partial charge on any atom is 0.284 e. The largest absolute Gasteiger partial charge is 0.370 e. The maximum atomic E-state index is 15.5. The molecule has 17 nitrogen and oxygen atoms in total. The van der Waals surface area contributed by atoms with Gasteiger partial charge in [-0.15, -0.1) is 0 Å². The molecule has 65 heavy (non-hydrogen) atoms. The molecule has 4 aromatic heterocycles. The molecule has 3 aliphatic heterocycles. The summed E-state index contributed by atoms with van der Waals surface area (Å²) in [5.74, 6) is 4.87. The number of aromatic nitrogens is 7. The highest BCUT2D eigenvalue weighted by molar-refractivity contribution is 6.08. The van der Waals surface area contributed by atoms with Crippen molar-refractivity contribution >= 4 is 51.7 Å². The van der Waals surface area contributed by atoms with E-state index in [0.717, 1.165) is 48.7 Å². The van der Waals surface area contributed by atoms with E-state index in [-0.39, 0.29) is 72.9 Å². The van der Waals surface area contributed by atoms with Gasteiger partial charge in [-0.2, -0.15) is 15.3 Å². The zero-order valence-corrected chi connectivity index (χ0v) is 35.5. The summed E-state index contributed by atoms with van der Waals surface area (Å²) in [6.45, 7) is 2.27. The Kier molecular flexibility index (Phi) is 11.8. The molecule has 20 heteroatoms. The van der Waals surface area contributed by atoms with E-state index in [1.165, 1.54) is 26.5 Å². The fraction of sp³-hybridized carbons (Fsp3) is 0.511. The van der Waals surface area contributed by atoms with Crippen LogP contribution in [-0.4, -0.2) is 121 Å². The second-order valence-corrected chi connectivity index (χ2v) is 17.5. The van der Waals surface area contributed by atoms with Crippen molar-refractivity contribution < 1.29 is 41.8 Å². The number of nitrogens with one attached hydrogen (secondary N) is 2. The molecular formula is C45H48F3N11O6. The van der Waals surface area contributed by atoms with Crippen LogP contribution < -0.4 is 15.5 Å². The van der Waals surface area contributed by atoms with Gasteiger partial charge in [0, 0.05) is 43.8 Å². The number of para-hydroxylation sites is 1. The number of halogens is 3. The summed E-state index contributed by atoms with van der Waals surface area (Å²) in [6, 6.07) is 7.44. The second kappa shape index (κ2) is 18.0. The number of hydrogen-bond acceptors (Lipinski definition) is 11. The molecule has 0 radical (unpaired) electrons. The van der Waals surface area contributed by atoms with Gasteiger partial charge in [-0.05, 0) is 69.4 Å². The molecule has 0 spiro atoms. The van der Waals surface area contributed by atoms with E-state index >= 15 is 4.39 Å². The number of fused-ring (bicyclic) bond motifs is 2. The summed E-state index contributed by atoms with van der Waals surface area (Å²) in [5, 5.41) is 19.2. The maximum absolute atomic E-state index is 15.5. The van der Waals surface area contributed by atoms with Crippen LogP contribution in [0.15, 0.2) is 42.9 Å². The number of amides is 4. The minimum atomic E-state index is -2.93. The smallest absolute Gasteiger partial charge is 0.284 e. The van der Waals surface area contributed by atoms with Crippen LogP contribution in [0.25, 0.3) is 16.6 Å². The summed E-state index contributed by atoms with van der Waals surface area (Å²) in [4.78, 5) is 58.5. The molecule has 2 N–H and O–H groups in total. The lowest BCUT2D eigenvalue weighted by Crippen LogP contribution is -2.47. The van der Waals surface area contributed by atoms with Gasteiger partial charge >= 0.3 is 0 Å². The van der Waals surface area contributed by atoms with E-state index in [4.69, 9.17) is 14.6 Å². The van der Waals surface area contributed by atoms with Crippen molar-refractivity contribution in [2.45, 2.75) is 94.5 Å². The van der Waals surface area contributed by atoms with Crippen molar-refractivity contribution in [3.05, 3.63) is 65.4 Å². The first-order valence-electron chi connectivity index (χ1n) is 22.3. The molecule has 340 valence electrons. The number of benzene rings is 1. The molecule has 2 aliphatic carbocycles. The molecule has 0 bridgehead atoms. The van der Waals surface area contributed by atoms with Crippen LogP contribution in [0.1, 0.15) is 110 Å². The van der Waals surface area contributed by atoms with Crippen molar-refractivity contribution in [2.75, 3.05) is 56.2 Å². The molecule has 5 fully saturated rings. The van der Waals surface area contributed by atoms with E-state index in [1.54, 1.807) is 12.3 Å².